The van der Waals surface area contributed by atoms with Crippen molar-refractivity contribution in [2.24, 2.45) is 0 Å². The molecule has 1 amide bonds. The Labute approximate surface area is 143 Å². The molecule has 0 fully saturated rings. The van der Waals surface area contributed by atoms with E-state index in [0.717, 1.165) is 3.79 Å². The van der Waals surface area contributed by atoms with Gasteiger partial charge in [-0.15, -0.1) is 11.3 Å². The first-order valence-electron chi connectivity index (χ1n) is 5.83. The van der Waals surface area contributed by atoms with E-state index in [1.807, 2.05) is 0 Å². The Morgan fingerprint density at radius 1 is 1.18 bits per heavy atom. The van der Waals surface area contributed by atoms with Crippen LogP contribution in [0.2, 0.25) is 0 Å². The summed E-state index contributed by atoms with van der Waals surface area (Å²) in [6, 6.07) is 9.19. The highest BCUT2D eigenvalue weighted by Crippen LogP contribution is 2.21. The maximum atomic E-state index is 11.8. The van der Waals surface area contributed by atoms with Gasteiger partial charge in [-0.2, -0.15) is 0 Å². The smallest absolute Gasteiger partial charge is 0.279 e. The molecule has 10 heteroatoms. The third-order valence-electron chi connectivity index (χ3n) is 2.42. The highest BCUT2D eigenvalue weighted by molar-refractivity contribution is 9.11. The van der Waals surface area contributed by atoms with Gasteiger partial charge in [0, 0.05) is 17.8 Å². The van der Waals surface area contributed by atoms with Crippen LogP contribution in [0.25, 0.3) is 0 Å². The summed E-state index contributed by atoms with van der Waals surface area (Å²) >= 11 is 9.58. The summed E-state index contributed by atoms with van der Waals surface area (Å²) in [5, 5.41) is 13.5. The Balaban J connectivity index is 1.85. The Bertz CT molecular complexity index is 717. The quantitative estimate of drug-likeness (QED) is 0.416. The number of halogens is 1. The molecule has 114 valence electrons. The molecule has 2 rings (SSSR count). The summed E-state index contributed by atoms with van der Waals surface area (Å²) in [7, 11) is 0. The number of hydrogen-bond donors (Lipinski definition) is 3. The van der Waals surface area contributed by atoms with E-state index >= 15 is 0 Å². The van der Waals surface area contributed by atoms with Crippen LogP contribution < -0.4 is 16.2 Å². The van der Waals surface area contributed by atoms with Gasteiger partial charge in [-0.1, -0.05) is 0 Å². The molecule has 3 N–H and O–H groups in total. The lowest BCUT2D eigenvalue weighted by Crippen LogP contribution is -2.43. The predicted octanol–water partition coefficient (Wildman–Crippen LogP) is 3.05. The first-order chi connectivity index (χ1) is 10.5. The van der Waals surface area contributed by atoms with Crippen molar-refractivity contribution in [3.63, 3.8) is 0 Å². The van der Waals surface area contributed by atoms with Crippen molar-refractivity contribution >= 4 is 61.9 Å². The largest absolute Gasteiger partial charge is 0.331 e. The van der Waals surface area contributed by atoms with Crippen LogP contribution in [0.5, 0.6) is 0 Å². The van der Waals surface area contributed by atoms with Crippen LogP contribution in [0.3, 0.4) is 0 Å². The first kappa shape index (κ1) is 16.3. The lowest BCUT2D eigenvalue weighted by molar-refractivity contribution is -0.384. The number of amides is 1. The highest BCUT2D eigenvalue weighted by Gasteiger charge is 2.09. The van der Waals surface area contributed by atoms with E-state index in [2.05, 4.69) is 32.1 Å². The van der Waals surface area contributed by atoms with Crippen molar-refractivity contribution in [3.8, 4) is 0 Å². The lowest BCUT2D eigenvalue weighted by Gasteiger charge is -2.10. The van der Waals surface area contributed by atoms with Crippen molar-refractivity contribution in [3.05, 3.63) is 55.2 Å². The fourth-order valence-electron chi connectivity index (χ4n) is 1.44. The average molecular weight is 401 g/mol. The monoisotopic (exact) mass is 400 g/mol. The van der Waals surface area contributed by atoms with Gasteiger partial charge in [0.15, 0.2) is 5.11 Å². The van der Waals surface area contributed by atoms with Gasteiger partial charge in [-0.3, -0.25) is 25.8 Å². The molecular weight excluding hydrogens is 392 g/mol. The molecule has 0 aliphatic carbocycles. The van der Waals surface area contributed by atoms with Crippen LogP contribution in [0.4, 0.5) is 11.4 Å². The van der Waals surface area contributed by atoms with Crippen molar-refractivity contribution in [1.29, 1.82) is 0 Å². The number of nitrogens with one attached hydrogen (secondary N) is 3. The number of rotatable bonds is 3. The van der Waals surface area contributed by atoms with Gasteiger partial charge >= 0.3 is 0 Å². The van der Waals surface area contributed by atoms with Crippen LogP contribution in [0.15, 0.2) is 40.2 Å². The Morgan fingerprint density at radius 2 is 1.86 bits per heavy atom. The van der Waals surface area contributed by atoms with Gasteiger partial charge in [0.05, 0.1) is 13.6 Å². The van der Waals surface area contributed by atoms with E-state index in [1.54, 1.807) is 12.1 Å². The van der Waals surface area contributed by atoms with E-state index in [1.165, 1.54) is 35.6 Å². The molecule has 0 spiro atoms. The van der Waals surface area contributed by atoms with Gasteiger partial charge in [-0.25, -0.2) is 0 Å². The summed E-state index contributed by atoms with van der Waals surface area (Å²) in [5.74, 6) is -0.316. The highest BCUT2D eigenvalue weighted by atomic mass is 79.9. The number of nitrogens with zero attached hydrogens (tertiary/aromatic N) is 1. The molecule has 0 saturated carbocycles. The molecule has 0 radical (unpaired) electrons. The van der Waals surface area contributed by atoms with E-state index in [0.29, 0.717) is 10.6 Å². The van der Waals surface area contributed by atoms with Crippen molar-refractivity contribution in [1.82, 2.24) is 10.9 Å². The Morgan fingerprint density at radius 3 is 2.41 bits per heavy atom. The number of hydrazine groups is 1. The molecule has 0 saturated heterocycles. The Kier molecular flexibility index (Phi) is 5.41. The zero-order valence-electron chi connectivity index (χ0n) is 10.8. The fourth-order valence-corrected chi connectivity index (χ4v) is 2.89. The number of carbonyl (C=O) groups is 1. The normalized spacial score (nSPS) is 9.86. The molecular formula is C12H9BrN4O3S2. The number of thiocarbonyl (C=S) groups is 1. The molecule has 1 aromatic heterocycles. The molecule has 22 heavy (non-hydrogen) atoms. The van der Waals surface area contributed by atoms with Crippen LogP contribution >= 0.6 is 39.5 Å². The second-order valence-electron chi connectivity index (χ2n) is 3.94. The average Bonchev–Trinajstić information content (AvgIpc) is 2.92. The van der Waals surface area contributed by atoms with Crippen LogP contribution in [-0.2, 0) is 0 Å². The molecule has 1 aromatic carbocycles. The first-order valence-corrected chi connectivity index (χ1v) is 7.84. The lowest BCUT2D eigenvalue weighted by atomic mass is 10.3. The maximum absolute atomic E-state index is 11.8. The molecule has 0 atom stereocenters. The summed E-state index contributed by atoms with van der Waals surface area (Å²) in [6.07, 6.45) is 0. The number of anilines is 1. The fraction of sp³-hybridized carbons (Fsp3) is 0. The van der Waals surface area contributed by atoms with Crippen molar-refractivity contribution in [2.75, 3.05) is 5.32 Å². The van der Waals surface area contributed by atoms with E-state index in [-0.39, 0.29) is 16.7 Å². The van der Waals surface area contributed by atoms with Crippen LogP contribution in [-0.4, -0.2) is 15.9 Å². The standard InChI is InChI=1S/C12H9BrN4O3S2/c13-10-6-5-9(22-10)11(18)15-16-12(21)14-7-1-3-8(4-2-7)17(19)20/h1-6H,(H,15,18)(H2,14,16,21). The summed E-state index contributed by atoms with van der Waals surface area (Å²) in [5.41, 5.74) is 5.56. The summed E-state index contributed by atoms with van der Waals surface area (Å²) < 4.78 is 0.851. The molecule has 0 aliphatic heterocycles. The topological polar surface area (TPSA) is 96.3 Å². The van der Waals surface area contributed by atoms with E-state index < -0.39 is 4.92 Å². The maximum Gasteiger partial charge on any atom is 0.279 e. The summed E-state index contributed by atoms with van der Waals surface area (Å²) in [6.45, 7) is 0. The molecule has 1 heterocycles. The molecule has 0 bridgehead atoms. The molecule has 2 aromatic rings. The minimum Gasteiger partial charge on any atom is -0.331 e. The van der Waals surface area contributed by atoms with Gasteiger partial charge in [0.25, 0.3) is 11.6 Å². The molecule has 7 nitrogen and oxygen atoms in total. The van der Waals surface area contributed by atoms with Crippen molar-refractivity contribution in [2.45, 2.75) is 0 Å². The Hall–Kier alpha value is -2.04. The second-order valence-corrected chi connectivity index (χ2v) is 6.81. The number of non-ortho nitro benzene ring substituents is 1. The van der Waals surface area contributed by atoms with Gasteiger partial charge in [0.2, 0.25) is 0 Å². The number of thiophene rings is 1. The minimum atomic E-state index is -0.486. The predicted molar refractivity (Wildman–Crippen MR) is 91.9 cm³/mol. The zero-order valence-corrected chi connectivity index (χ0v) is 14.0. The zero-order chi connectivity index (χ0) is 16.1. The number of carbonyl (C=O) groups excluding carboxylic acids is 1. The summed E-state index contributed by atoms with van der Waals surface area (Å²) in [4.78, 5) is 22.4. The van der Waals surface area contributed by atoms with Crippen molar-refractivity contribution < 1.29 is 9.72 Å². The number of nitro benzene ring substituents is 1. The van der Waals surface area contributed by atoms with Gasteiger partial charge in [0.1, 0.15) is 0 Å². The third kappa shape index (κ3) is 4.48. The molecule has 0 unspecified atom stereocenters. The number of hydrogen-bond acceptors (Lipinski definition) is 5. The van der Waals surface area contributed by atoms with Gasteiger partial charge in [-0.05, 0) is 52.4 Å². The molecule has 0 aliphatic rings. The number of benzene rings is 1. The number of nitro groups is 1. The van der Waals surface area contributed by atoms with Crippen LogP contribution in [0, 0.1) is 10.1 Å². The van der Waals surface area contributed by atoms with E-state index in [9.17, 15) is 14.9 Å². The van der Waals surface area contributed by atoms with Gasteiger partial charge < -0.3 is 5.32 Å². The third-order valence-corrected chi connectivity index (χ3v) is 4.25. The SMILES string of the molecule is O=C(NNC(=S)Nc1ccc([N+](=O)[O-])cc1)c1ccc(Br)s1. The minimum absolute atomic E-state index is 0.0130. The second kappa shape index (κ2) is 7.29. The van der Waals surface area contributed by atoms with E-state index in [4.69, 9.17) is 12.2 Å². The van der Waals surface area contributed by atoms with Crippen LogP contribution in [0.1, 0.15) is 9.67 Å².